The van der Waals surface area contributed by atoms with Gasteiger partial charge in [-0.1, -0.05) is 24.3 Å². The van der Waals surface area contributed by atoms with Crippen LogP contribution in [0.4, 0.5) is 5.69 Å². The lowest BCUT2D eigenvalue weighted by Crippen LogP contribution is -2.31. The molecule has 4 nitrogen and oxygen atoms in total. The van der Waals surface area contributed by atoms with E-state index in [2.05, 4.69) is 10.6 Å². The number of para-hydroxylation sites is 1. The second-order valence-corrected chi connectivity index (χ2v) is 5.20. The molecule has 0 aliphatic carbocycles. The Hall–Kier alpha value is -2.27. The lowest BCUT2D eigenvalue weighted by atomic mass is 10.1. The molecule has 0 amide bonds. The minimum absolute atomic E-state index is 0.0294. The average molecular weight is 316 g/mol. The van der Waals surface area contributed by atoms with Crippen LogP contribution in [0, 0.1) is 0 Å². The topological polar surface area (TPSA) is 42.5 Å². The zero-order valence-electron chi connectivity index (χ0n) is 12.9. The summed E-state index contributed by atoms with van der Waals surface area (Å²) in [6.07, 6.45) is 0. The minimum Gasteiger partial charge on any atom is -0.497 e. The highest BCUT2D eigenvalue weighted by molar-refractivity contribution is 7.80. The molecule has 0 radical (unpaired) electrons. The van der Waals surface area contributed by atoms with E-state index in [9.17, 15) is 0 Å². The Balaban J connectivity index is 2.02. The zero-order valence-corrected chi connectivity index (χ0v) is 13.7. The summed E-state index contributed by atoms with van der Waals surface area (Å²) in [4.78, 5) is 0. The van der Waals surface area contributed by atoms with E-state index in [-0.39, 0.29) is 6.04 Å². The number of rotatable bonds is 5. The molecule has 0 aliphatic rings. The fourth-order valence-electron chi connectivity index (χ4n) is 2.17. The maximum Gasteiger partial charge on any atom is 0.171 e. The quantitative estimate of drug-likeness (QED) is 0.822. The Morgan fingerprint density at radius 2 is 1.82 bits per heavy atom. The summed E-state index contributed by atoms with van der Waals surface area (Å²) >= 11 is 5.37. The van der Waals surface area contributed by atoms with Gasteiger partial charge in [0, 0.05) is 17.3 Å². The van der Waals surface area contributed by atoms with Crippen molar-refractivity contribution in [3.05, 3.63) is 54.1 Å². The highest BCUT2D eigenvalue weighted by Gasteiger charge is 2.11. The van der Waals surface area contributed by atoms with Crippen molar-refractivity contribution in [2.24, 2.45) is 0 Å². The van der Waals surface area contributed by atoms with Crippen molar-refractivity contribution in [3.8, 4) is 11.5 Å². The van der Waals surface area contributed by atoms with Crippen LogP contribution in [0.15, 0.2) is 48.5 Å². The molecule has 0 saturated heterocycles. The van der Waals surface area contributed by atoms with Crippen LogP contribution in [0.5, 0.6) is 11.5 Å². The molecule has 0 heterocycles. The third-order valence-corrected chi connectivity index (χ3v) is 3.50. The molecule has 5 heteroatoms. The van der Waals surface area contributed by atoms with Crippen molar-refractivity contribution in [1.29, 1.82) is 0 Å². The highest BCUT2D eigenvalue weighted by Crippen LogP contribution is 2.24. The molecule has 0 fully saturated rings. The Labute approximate surface area is 136 Å². The van der Waals surface area contributed by atoms with Crippen LogP contribution in [-0.4, -0.2) is 19.3 Å². The van der Waals surface area contributed by atoms with Crippen LogP contribution < -0.4 is 20.1 Å². The molecule has 0 saturated carbocycles. The molecule has 0 aromatic heterocycles. The van der Waals surface area contributed by atoms with Gasteiger partial charge in [-0.05, 0) is 37.3 Å². The fraction of sp³-hybridized carbons (Fsp3) is 0.235. The van der Waals surface area contributed by atoms with Crippen LogP contribution >= 0.6 is 12.2 Å². The molecule has 2 N–H and O–H groups in total. The van der Waals surface area contributed by atoms with Crippen molar-refractivity contribution < 1.29 is 9.47 Å². The maximum absolute atomic E-state index is 5.38. The summed E-state index contributed by atoms with van der Waals surface area (Å²) in [5.74, 6) is 1.62. The van der Waals surface area contributed by atoms with E-state index < -0.39 is 0 Å². The first-order chi connectivity index (χ1) is 10.6. The fourth-order valence-corrected chi connectivity index (χ4v) is 2.46. The summed E-state index contributed by atoms with van der Waals surface area (Å²) < 4.78 is 10.6. The maximum atomic E-state index is 5.38. The Kier molecular flexibility index (Phi) is 5.61. The van der Waals surface area contributed by atoms with Gasteiger partial charge in [-0.15, -0.1) is 0 Å². The second-order valence-electron chi connectivity index (χ2n) is 4.79. The van der Waals surface area contributed by atoms with Crippen LogP contribution in [0.3, 0.4) is 0 Å². The van der Waals surface area contributed by atoms with Gasteiger partial charge in [0.05, 0.1) is 20.3 Å². The molecular formula is C17H20N2O2S. The smallest absolute Gasteiger partial charge is 0.171 e. The number of nitrogens with one attached hydrogen (secondary N) is 2. The van der Waals surface area contributed by atoms with E-state index in [0.29, 0.717) is 5.11 Å². The van der Waals surface area contributed by atoms with Gasteiger partial charge < -0.3 is 20.1 Å². The molecule has 2 aromatic rings. The predicted molar refractivity (Wildman–Crippen MR) is 93.8 cm³/mol. The van der Waals surface area contributed by atoms with E-state index in [1.165, 1.54) is 0 Å². The van der Waals surface area contributed by atoms with Crippen molar-refractivity contribution in [2.75, 3.05) is 19.5 Å². The van der Waals surface area contributed by atoms with Gasteiger partial charge in [-0.25, -0.2) is 0 Å². The van der Waals surface area contributed by atoms with E-state index in [4.69, 9.17) is 21.7 Å². The van der Waals surface area contributed by atoms with E-state index >= 15 is 0 Å². The molecule has 2 rings (SSSR count). The summed E-state index contributed by atoms with van der Waals surface area (Å²) in [6, 6.07) is 15.5. The summed E-state index contributed by atoms with van der Waals surface area (Å²) in [5, 5.41) is 6.96. The van der Waals surface area contributed by atoms with Crippen LogP contribution in [0.1, 0.15) is 18.5 Å². The van der Waals surface area contributed by atoms with Crippen LogP contribution in [0.25, 0.3) is 0 Å². The lowest BCUT2D eigenvalue weighted by Gasteiger charge is -2.19. The summed E-state index contributed by atoms with van der Waals surface area (Å²) in [5.41, 5.74) is 1.93. The molecule has 22 heavy (non-hydrogen) atoms. The first-order valence-corrected chi connectivity index (χ1v) is 7.39. The molecule has 116 valence electrons. The third-order valence-electron chi connectivity index (χ3n) is 3.28. The van der Waals surface area contributed by atoms with Gasteiger partial charge in [0.1, 0.15) is 11.5 Å². The summed E-state index contributed by atoms with van der Waals surface area (Å²) in [6.45, 7) is 2.04. The van der Waals surface area contributed by atoms with E-state index in [1.54, 1.807) is 14.2 Å². The first kappa shape index (κ1) is 16.1. The Bertz CT molecular complexity index is 646. The number of thiocarbonyl (C=S) groups is 1. The minimum atomic E-state index is 0.0294. The number of hydrogen-bond acceptors (Lipinski definition) is 3. The molecule has 1 atom stereocenters. The lowest BCUT2D eigenvalue weighted by molar-refractivity contribution is 0.405. The number of anilines is 1. The van der Waals surface area contributed by atoms with Gasteiger partial charge in [0.15, 0.2) is 5.11 Å². The second kappa shape index (κ2) is 7.66. The van der Waals surface area contributed by atoms with E-state index in [0.717, 1.165) is 22.7 Å². The van der Waals surface area contributed by atoms with Gasteiger partial charge in [-0.2, -0.15) is 0 Å². The first-order valence-electron chi connectivity index (χ1n) is 6.98. The molecule has 0 bridgehead atoms. The third kappa shape index (κ3) is 4.11. The molecule has 0 aliphatic heterocycles. The van der Waals surface area contributed by atoms with Crippen molar-refractivity contribution in [2.45, 2.75) is 13.0 Å². The Morgan fingerprint density at radius 1 is 1.05 bits per heavy atom. The molecular weight excluding hydrogens is 296 g/mol. The van der Waals surface area contributed by atoms with Crippen molar-refractivity contribution >= 4 is 23.0 Å². The van der Waals surface area contributed by atoms with Gasteiger partial charge in [0.2, 0.25) is 0 Å². The zero-order chi connectivity index (χ0) is 15.9. The number of methoxy groups -OCH3 is 2. The monoisotopic (exact) mass is 316 g/mol. The Morgan fingerprint density at radius 3 is 2.55 bits per heavy atom. The predicted octanol–water partition coefficient (Wildman–Crippen LogP) is 3.75. The highest BCUT2D eigenvalue weighted by atomic mass is 32.1. The van der Waals surface area contributed by atoms with Gasteiger partial charge >= 0.3 is 0 Å². The number of ether oxygens (including phenoxy) is 2. The van der Waals surface area contributed by atoms with Crippen molar-refractivity contribution in [3.63, 3.8) is 0 Å². The average Bonchev–Trinajstić information content (AvgIpc) is 2.54. The number of benzene rings is 2. The van der Waals surface area contributed by atoms with Crippen LogP contribution in [0.2, 0.25) is 0 Å². The van der Waals surface area contributed by atoms with Gasteiger partial charge in [0.25, 0.3) is 0 Å². The molecule has 2 aromatic carbocycles. The normalized spacial score (nSPS) is 11.4. The van der Waals surface area contributed by atoms with Crippen molar-refractivity contribution in [1.82, 2.24) is 5.32 Å². The molecule has 0 spiro atoms. The van der Waals surface area contributed by atoms with Crippen LogP contribution in [-0.2, 0) is 0 Å². The standard InChI is InChI=1S/C17H20N2O2S/c1-12(15-9-4-5-10-16(15)21-3)18-17(22)19-13-7-6-8-14(11-13)20-2/h4-12H,1-3H3,(H2,18,19,22). The van der Waals surface area contributed by atoms with E-state index in [1.807, 2.05) is 55.5 Å². The summed E-state index contributed by atoms with van der Waals surface area (Å²) in [7, 11) is 3.30. The SMILES string of the molecule is COc1cccc(NC(=S)NC(C)c2ccccc2OC)c1. The number of hydrogen-bond donors (Lipinski definition) is 2. The van der Waals surface area contributed by atoms with Gasteiger partial charge in [-0.3, -0.25) is 0 Å². The largest absolute Gasteiger partial charge is 0.497 e. The molecule has 1 unspecified atom stereocenters.